The lowest BCUT2D eigenvalue weighted by Crippen LogP contribution is -2.38. The number of rotatable bonds is 5. The molecule has 1 saturated heterocycles. The molecule has 1 aliphatic heterocycles. The Morgan fingerprint density at radius 3 is 2.86 bits per heavy atom. The minimum absolute atomic E-state index is 0.695. The molecule has 2 aromatic carbocycles. The fraction of sp³-hybridized carbons (Fsp3) is 0.353. The van der Waals surface area contributed by atoms with Gasteiger partial charge < -0.3 is 9.47 Å². The highest BCUT2D eigenvalue weighted by atomic mass is 16.5. The first-order chi connectivity index (χ1) is 10.4. The number of benzene rings is 2. The van der Waals surface area contributed by atoms with Crippen molar-refractivity contribution in [3.8, 4) is 5.75 Å². The molecular weight excluding hydrogens is 264 g/mol. The van der Waals surface area contributed by atoms with Gasteiger partial charge in [0.1, 0.15) is 12.4 Å². The van der Waals surface area contributed by atoms with Crippen LogP contribution in [0.1, 0.15) is 0 Å². The highest BCUT2D eigenvalue weighted by Crippen LogP contribution is 2.28. The van der Waals surface area contributed by atoms with Gasteiger partial charge >= 0.3 is 0 Å². The minimum Gasteiger partial charge on any atom is -0.492 e. The topological polar surface area (TPSA) is 34.1 Å². The number of hydrogen-bond donors (Lipinski definition) is 0. The average Bonchev–Trinajstić information content (AvgIpc) is 2.55. The molecule has 21 heavy (non-hydrogen) atoms. The lowest BCUT2D eigenvalue weighted by atomic mass is 10.1. The molecule has 0 N–H and O–H groups in total. The van der Waals surface area contributed by atoms with Crippen molar-refractivity contribution in [3.63, 3.8) is 0 Å². The first-order valence-electron chi connectivity index (χ1n) is 7.29. The molecule has 0 radical (unpaired) electrons. The van der Waals surface area contributed by atoms with Gasteiger partial charge in [0.15, 0.2) is 0 Å². The van der Waals surface area contributed by atoms with Gasteiger partial charge in [-0.15, -0.1) is 0 Å². The van der Waals surface area contributed by atoms with Crippen LogP contribution >= 0.6 is 0 Å². The van der Waals surface area contributed by atoms with Crippen LogP contribution in [-0.2, 0) is 4.74 Å². The third-order valence-electron chi connectivity index (χ3n) is 3.78. The van der Waals surface area contributed by atoms with E-state index in [1.807, 2.05) is 30.3 Å². The molecular formula is C17H20N2O2. The maximum atomic E-state index is 5.97. The monoisotopic (exact) mass is 284 g/mol. The van der Waals surface area contributed by atoms with Crippen molar-refractivity contribution in [1.29, 1.82) is 0 Å². The molecule has 4 heteroatoms. The molecule has 2 aromatic rings. The van der Waals surface area contributed by atoms with Crippen molar-refractivity contribution < 1.29 is 9.47 Å². The Bertz CT molecular complexity index is 621. The summed E-state index contributed by atoms with van der Waals surface area (Å²) in [6.45, 7) is 8.83. The van der Waals surface area contributed by atoms with E-state index in [-0.39, 0.29) is 0 Å². The van der Waals surface area contributed by atoms with Crippen LogP contribution in [0.2, 0.25) is 0 Å². The fourth-order valence-electron chi connectivity index (χ4n) is 2.58. The minimum atomic E-state index is 0.695. The van der Waals surface area contributed by atoms with Crippen LogP contribution in [-0.4, -0.2) is 51.1 Å². The van der Waals surface area contributed by atoms with Gasteiger partial charge in [-0.05, 0) is 36.4 Å². The molecule has 1 heterocycles. The largest absolute Gasteiger partial charge is 0.492 e. The summed E-state index contributed by atoms with van der Waals surface area (Å²) in [6.07, 6.45) is 0. The summed E-state index contributed by atoms with van der Waals surface area (Å²) in [7, 11) is 0. The second kappa shape index (κ2) is 6.70. The average molecular weight is 284 g/mol. The Hall–Kier alpha value is -1.91. The molecule has 1 fully saturated rings. The van der Waals surface area contributed by atoms with Crippen molar-refractivity contribution in [2.24, 2.45) is 4.99 Å². The summed E-state index contributed by atoms with van der Waals surface area (Å²) in [4.78, 5) is 6.33. The Kier molecular flexibility index (Phi) is 4.48. The number of morpholine rings is 1. The predicted molar refractivity (Wildman–Crippen MR) is 85.9 cm³/mol. The van der Waals surface area contributed by atoms with Crippen LogP contribution in [0.3, 0.4) is 0 Å². The Labute approximate surface area is 125 Å². The quantitative estimate of drug-likeness (QED) is 0.792. The van der Waals surface area contributed by atoms with Crippen LogP contribution in [0.4, 0.5) is 5.69 Å². The molecule has 0 aliphatic carbocycles. The van der Waals surface area contributed by atoms with E-state index in [9.17, 15) is 0 Å². The van der Waals surface area contributed by atoms with E-state index in [2.05, 4.69) is 22.7 Å². The summed E-state index contributed by atoms with van der Waals surface area (Å²) >= 11 is 0. The molecule has 0 atom stereocenters. The van der Waals surface area contributed by atoms with Gasteiger partial charge in [-0.25, -0.2) is 0 Å². The second-order valence-corrected chi connectivity index (χ2v) is 5.12. The molecule has 0 aromatic heterocycles. The first-order valence-corrected chi connectivity index (χ1v) is 7.29. The van der Waals surface area contributed by atoms with Crippen LogP contribution in [0.25, 0.3) is 10.8 Å². The van der Waals surface area contributed by atoms with Crippen molar-refractivity contribution in [3.05, 3.63) is 36.4 Å². The molecule has 1 aliphatic rings. The van der Waals surface area contributed by atoms with E-state index in [1.54, 1.807) is 0 Å². The Morgan fingerprint density at radius 1 is 1.19 bits per heavy atom. The van der Waals surface area contributed by atoms with Gasteiger partial charge in [0, 0.05) is 25.0 Å². The van der Waals surface area contributed by atoms with E-state index in [0.29, 0.717) is 6.61 Å². The number of aliphatic imine (C=N–C) groups is 1. The summed E-state index contributed by atoms with van der Waals surface area (Å²) < 4.78 is 11.3. The number of ether oxygens (including phenoxy) is 2. The highest BCUT2D eigenvalue weighted by Gasteiger charge is 2.10. The summed E-state index contributed by atoms with van der Waals surface area (Å²) in [5, 5.41) is 2.25. The van der Waals surface area contributed by atoms with Gasteiger partial charge in [0.2, 0.25) is 0 Å². The van der Waals surface area contributed by atoms with Crippen molar-refractivity contribution in [1.82, 2.24) is 4.90 Å². The van der Waals surface area contributed by atoms with Gasteiger partial charge in [-0.1, -0.05) is 12.1 Å². The number of fused-ring (bicyclic) bond motifs is 1. The van der Waals surface area contributed by atoms with Gasteiger partial charge in [-0.3, -0.25) is 9.89 Å². The number of hydrogen-bond acceptors (Lipinski definition) is 4. The second-order valence-electron chi connectivity index (χ2n) is 5.12. The van der Waals surface area contributed by atoms with E-state index in [1.165, 1.54) is 0 Å². The van der Waals surface area contributed by atoms with Crippen molar-refractivity contribution >= 4 is 23.2 Å². The summed E-state index contributed by atoms with van der Waals surface area (Å²) in [5.41, 5.74) is 0.882. The maximum Gasteiger partial charge on any atom is 0.127 e. The predicted octanol–water partition coefficient (Wildman–Crippen LogP) is 2.88. The van der Waals surface area contributed by atoms with E-state index in [0.717, 1.165) is 55.1 Å². The molecule has 110 valence electrons. The Balaban J connectivity index is 1.67. The SMILES string of the molecule is C=Nc1ccc2c(OCCN3CCOCC3)cccc2c1. The van der Waals surface area contributed by atoms with Gasteiger partial charge in [0.25, 0.3) is 0 Å². The standard InChI is InChI=1S/C17H20N2O2/c1-18-15-5-6-16-14(13-15)3-2-4-17(16)21-12-9-19-7-10-20-11-8-19/h2-6,13H,1,7-12H2. The molecule has 4 nitrogen and oxygen atoms in total. The lowest BCUT2D eigenvalue weighted by Gasteiger charge is -2.26. The van der Waals surface area contributed by atoms with Crippen LogP contribution in [0.15, 0.2) is 41.4 Å². The van der Waals surface area contributed by atoms with Crippen molar-refractivity contribution in [2.75, 3.05) is 39.5 Å². The van der Waals surface area contributed by atoms with Crippen LogP contribution in [0.5, 0.6) is 5.75 Å². The highest BCUT2D eigenvalue weighted by molar-refractivity contribution is 5.90. The molecule has 3 rings (SSSR count). The Morgan fingerprint density at radius 2 is 2.05 bits per heavy atom. The van der Waals surface area contributed by atoms with Crippen molar-refractivity contribution in [2.45, 2.75) is 0 Å². The lowest BCUT2D eigenvalue weighted by molar-refractivity contribution is 0.0323. The zero-order valence-corrected chi connectivity index (χ0v) is 12.1. The molecule has 0 bridgehead atoms. The van der Waals surface area contributed by atoms with Gasteiger partial charge in [-0.2, -0.15) is 0 Å². The molecule has 0 unspecified atom stereocenters. The summed E-state index contributed by atoms with van der Waals surface area (Å²) in [6, 6.07) is 12.1. The maximum absolute atomic E-state index is 5.97. The van der Waals surface area contributed by atoms with E-state index < -0.39 is 0 Å². The normalized spacial score (nSPS) is 16.0. The molecule has 0 spiro atoms. The van der Waals surface area contributed by atoms with Gasteiger partial charge in [0.05, 0.1) is 18.9 Å². The molecule has 0 amide bonds. The smallest absolute Gasteiger partial charge is 0.127 e. The van der Waals surface area contributed by atoms with Crippen LogP contribution < -0.4 is 4.74 Å². The summed E-state index contributed by atoms with van der Waals surface area (Å²) in [5.74, 6) is 0.927. The fourth-order valence-corrected chi connectivity index (χ4v) is 2.58. The zero-order valence-electron chi connectivity index (χ0n) is 12.1. The van der Waals surface area contributed by atoms with E-state index in [4.69, 9.17) is 9.47 Å². The third-order valence-corrected chi connectivity index (χ3v) is 3.78. The molecule has 0 saturated carbocycles. The first kappa shape index (κ1) is 14.0. The zero-order chi connectivity index (χ0) is 14.5. The third kappa shape index (κ3) is 3.40. The number of nitrogens with zero attached hydrogens (tertiary/aromatic N) is 2. The van der Waals surface area contributed by atoms with Crippen LogP contribution in [0, 0.1) is 0 Å². The van der Waals surface area contributed by atoms with E-state index >= 15 is 0 Å².